The third-order valence-electron chi connectivity index (χ3n) is 5.22. The summed E-state index contributed by atoms with van der Waals surface area (Å²) in [5.41, 5.74) is 0.751. The summed E-state index contributed by atoms with van der Waals surface area (Å²) < 4.78 is 10.7. The van der Waals surface area contributed by atoms with Crippen molar-refractivity contribution in [3.8, 4) is 5.75 Å². The quantitative estimate of drug-likeness (QED) is 0.569. The van der Waals surface area contributed by atoms with Gasteiger partial charge in [-0.15, -0.1) is 11.3 Å². The maximum absolute atomic E-state index is 13.4. The van der Waals surface area contributed by atoms with Crippen LogP contribution in [-0.2, 0) is 22.7 Å². The van der Waals surface area contributed by atoms with E-state index in [1.165, 1.54) is 4.88 Å². The largest absolute Gasteiger partial charge is 0.497 e. The fourth-order valence-electron chi connectivity index (χ4n) is 3.72. The van der Waals surface area contributed by atoms with Gasteiger partial charge in [0.05, 0.1) is 32.4 Å². The number of furan rings is 1. The molecular weight excluding hydrogens is 400 g/mol. The molecule has 2 amide bonds. The predicted molar refractivity (Wildman–Crippen MR) is 115 cm³/mol. The number of rotatable bonds is 7. The summed E-state index contributed by atoms with van der Waals surface area (Å²) in [4.78, 5) is 31.9. The smallest absolute Gasteiger partial charge is 0.228 e. The van der Waals surface area contributed by atoms with E-state index in [0.717, 1.165) is 16.3 Å². The van der Waals surface area contributed by atoms with Crippen LogP contribution in [0.3, 0.4) is 0 Å². The number of methoxy groups -OCH3 is 1. The highest BCUT2D eigenvalue weighted by Gasteiger charge is 2.37. The Balaban J connectivity index is 1.52. The molecule has 6 nitrogen and oxygen atoms in total. The van der Waals surface area contributed by atoms with E-state index in [9.17, 15) is 9.59 Å². The molecule has 1 aliphatic heterocycles. The number of hydrogen-bond donors (Lipinski definition) is 0. The molecule has 1 saturated heterocycles. The minimum atomic E-state index is -0.389. The number of carbonyl (C=O) groups is 2. The highest BCUT2D eigenvalue weighted by molar-refractivity contribution is 7.11. The SMILES string of the molecule is COc1cccc(N2CC(C(=O)N(Cc3ccco3)Cc3ccc(C)s3)CC2=O)c1. The minimum absolute atomic E-state index is 0.0313. The summed E-state index contributed by atoms with van der Waals surface area (Å²) in [5.74, 6) is 0.940. The molecule has 4 rings (SSSR count). The first-order valence-corrected chi connectivity index (χ1v) is 10.7. The lowest BCUT2D eigenvalue weighted by molar-refractivity contribution is -0.137. The van der Waals surface area contributed by atoms with Gasteiger partial charge in [0.25, 0.3) is 0 Å². The van der Waals surface area contributed by atoms with Crippen LogP contribution >= 0.6 is 11.3 Å². The monoisotopic (exact) mass is 424 g/mol. The van der Waals surface area contributed by atoms with E-state index in [2.05, 4.69) is 13.0 Å². The van der Waals surface area contributed by atoms with Crippen molar-refractivity contribution in [2.24, 2.45) is 5.92 Å². The van der Waals surface area contributed by atoms with E-state index in [0.29, 0.717) is 25.4 Å². The van der Waals surface area contributed by atoms with Gasteiger partial charge >= 0.3 is 0 Å². The number of amides is 2. The molecule has 1 aromatic carbocycles. The summed E-state index contributed by atoms with van der Waals surface area (Å²) in [7, 11) is 1.59. The third-order valence-corrected chi connectivity index (χ3v) is 6.21. The van der Waals surface area contributed by atoms with Gasteiger partial charge in [-0.1, -0.05) is 6.07 Å². The van der Waals surface area contributed by atoms with Crippen LogP contribution in [-0.4, -0.2) is 30.4 Å². The summed E-state index contributed by atoms with van der Waals surface area (Å²) in [6, 6.07) is 15.1. The molecule has 7 heteroatoms. The Morgan fingerprint density at radius 3 is 2.80 bits per heavy atom. The number of thiophene rings is 1. The van der Waals surface area contributed by atoms with Gasteiger partial charge in [0.15, 0.2) is 0 Å². The first-order valence-electron chi connectivity index (χ1n) is 9.84. The van der Waals surface area contributed by atoms with Gasteiger partial charge in [-0.2, -0.15) is 0 Å². The van der Waals surface area contributed by atoms with Crippen molar-refractivity contribution in [1.82, 2.24) is 4.90 Å². The number of nitrogens with zero attached hydrogens (tertiary/aromatic N) is 2. The van der Waals surface area contributed by atoms with E-state index in [-0.39, 0.29) is 24.2 Å². The number of aryl methyl sites for hydroxylation is 1. The molecule has 30 heavy (non-hydrogen) atoms. The van der Waals surface area contributed by atoms with Gasteiger partial charge in [-0.3, -0.25) is 9.59 Å². The van der Waals surface area contributed by atoms with E-state index >= 15 is 0 Å². The van der Waals surface area contributed by atoms with E-state index in [1.807, 2.05) is 42.5 Å². The van der Waals surface area contributed by atoms with Crippen LogP contribution in [0.4, 0.5) is 5.69 Å². The van der Waals surface area contributed by atoms with Crippen molar-refractivity contribution in [3.63, 3.8) is 0 Å². The van der Waals surface area contributed by atoms with Crippen molar-refractivity contribution in [2.75, 3.05) is 18.6 Å². The summed E-state index contributed by atoms with van der Waals surface area (Å²) in [6.45, 7) is 3.30. The Morgan fingerprint density at radius 2 is 2.10 bits per heavy atom. The van der Waals surface area contributed by atoms with Crippen LogP contribution in [0, 0.1) is 12.8 Å². The molecule has 3 heterocycles. The zero-order valence-electron chi connectivity index (χ0n) is 17.0. The van der Waals surface area contributed by atoms with Crippen LogP contribution in [0.15, 0.2) is 59.2 Å². The van der Waals surface area contributed by atoms with Crippen molar-refractivity contribution in [1.29, 1.82) is 0 Å². The molecule has 1 fully saturated rings. The van der Waals surface area contributed by atoms with Crippen molar-refractivity contribution in [2.45, 2.75) is 26.4 Å². The molecule has 1 unspecified atom stereocenters. The average molecular weight is 425 g/mol. The second-order valence-electron chi connectivity index (χ2n) is 7.39. The van der Waals surface area contributed by atoms with E-state index in [4.69, 9.17) is 9.15 Å². The highest BCUT2D eigenvalue weighted by Crippen LogP contribution is 2.30. The number of anilines is 1. The first kappa shape index (κ1) is 20.2. The molecule has 3 aromatic rings. The van der Waals surface area contributed by atoms with E-state index < -0.39 is 0 Å². The predicted octanol–water partition coefficient (Wildman–Crippen LogP) is 4.24. The average Bonchev–Trinajstić information content (AvgIpc) is 3.49. The van der Waals surface area contributed by atoms with Gasteiger partial charge in [0.2, 0.25) is 11.8 Å². The second kappa shape index (κ2) is 8.75. The Labute approximate surface area is 179 Å². The first-order chi connectivity index (χ1) is 14.5. The van der Waals surface area contributed by atoms with Crippen LogP contribution in [0.2, 0.25) is 0 Å². The highest BCUT2D eigenvalue weighted by atomic mass is 32.1. The maximum Gasteiger partial charge on any atom is 0.228 e. The molecule has 0 bridgehead atoms. The normalized spacial score (nSPS) is 16.1. The lowest BCUT2D eigenvalue weighted by Gasteiger charge is -2.24. The molecular formula is C23H24N2O4S. The van der Waals surface area contributed by atoms with Crippen molar-refractivity contribution >= 4 is 28.8 Å². The van der Waals surface area contributed by atoms with Crippen LogP contribution in [0.1, 0.15) is 21.9 Å². The Morgan fingerprint density at radius 1 is 1.23 bits per heavy atom. The molecule has 2 aromatic heterocycles. The van der Waals surface area contributed by atoms with Crippen LogP contribution in [0.25, 0.3) is 0 Å². The second-order valence-corrected chi connectivity index (χ2v) is 8.77. The fraction of sp³-hybridized carbons (Fsp3) is 0.304. The number of carbonyl (C=O) groups excluding carboxylic acids is 2. The van der Waals surface area contributed by atoms with Crippen LogP contribution in [0.5, 0.6) is 5.75 Å². The Hall–Kier alpha value is -3.06. The minimum Gasteiger partial charge on any atom is -0.497 e. The molecule has 0 N–H and O–H groups in total. The Kier molecular flexibility index (Phi) is 5.90. The topological polar surface area (TPSA) is 63.0 Å². The summed E-state index contributed by atoms with van der Waals surface area (Å²) in [6.07, 6.45) is 1.81. The lowest BCUT2D eigenvalue weighted by Crippen LogP contribution is -2.36. The molecule has 1 atom stereocenters. The van der Waals surface area contributed by atoms with Gasteiger partial charge in [0, 0.05) is 34.5 Å². The molecule has 1 aliphatic rings. The zero-order valence-corrected chi connectivity index (χ0v) is 17.9. The summed E-state index contributed by atoms with van der Waals surface area (Å²) >= 11 is 1.67. The molecule has 0 radical (unpaired) electrons. The number of benzene rings is 1. The van der Waals surface area contributed by atoms with Gasteiger partial charge < -0.3 is 19.0 Å². The molecule has 0 spiro atoms. The van der Waals surface area contributed by atoms with Crippen molar-refractivity contribution in [3.05, 3.63) is 70.3 Å². The molecule has 0 aliphatic carbocycles. The maximum atomic E-state index is 13.4. The number of hydrogen-bond acceptors (Lipinski definition) is 5. The number of ether oxygens (including phenoxy) is 1. The third kappa shape index (κ3) is 4.41. The van der Waals surface area contributed by atoms with Crippen molar-refractivity contribution < 1.29 is 18.7 Å². The Bertz CT molecular complexity index is 1030. The standard InChI is InChI=1S/C23H24N2O4S/c1-16-8-9-21(30-16)15-24(14-20-7-4-10-29-20)23(27)17-11-22(26)25(13-17)18-5-3-6-19(12-18)28-2/h3-10,12,17H,11,13-15H2,1-2H3. The molecule has 156 valence electrons. The fourth-order valence-corrected chi connectivity index (χ4v) is 4.63. The van der Waals surface area contributed by atoms with Gasteiger partial charge in [-0.05, 0) is 43.3 Å². The van der Waals surface area contributed by atoms with Crippen LogP contribution < -0.4 is 9.64 Å². The molecule has 0 saturated carbocycles. The lowest BCUT2D eigenvalue weighted by atomic mass is 10.1. The van der Waals surface area contributed by atoms with Gasteiger partial charge in [0.1, 0.15) is 11.5 Å². The van der Waals surface area contributed by atoms with E-state index in [1.54, 1.807) is 34.5 Å². The zero-order chi connectivity index (χ0) is 21.1. The van der Waals surface area contributed by atoms with Gasteiger partial charge in [-0.25, -0.2) is 0 Å². The summed E-state index contributed by atoms with van der Waals surface area (Å²) in [5, 5.41) is 0.